The molecule has 0 saturated heterocycles. The fourth-order valence-electron chi connectivity index (χ4n) is 2.34. The number of fused-ring (bicyclic) bond motifs is 1. The highest BCUT2D eigenvalue weighted by molar-refractivity contribution is 9.10. The molecule has 2 aromatic carbocycles. The van der Waals surface area contributed by atoms with Gasteiger partial charge in [0.15, 0.2) is 11.7 Å². The van der Waals surface area contributed by atoms with Gasteiger partial charge in [-0.2, -0.15) is 0 Å². The summed E-state index contributed by atoms with van der Waals surface area (Å²) in [4.78, 5) is 24.4. The number of nitrogens with zero attached hydrogens (tertiary/aromatic N) is 1. The van der Waals surface area contributed by atoms with Crippen LogP contribution in [0.15, 0.2) is 57.5 Å². The number of hydrogen-bond acceptors (Lipinski definition) is 5. The summed E-state index contributed by atoms with van der Waals surface area (Å²) < 4.78 is 11.3. The van der Waals surface area contributed by atoms with E-state index in [4.69, 9.17) is 9.26 Å². The first-order valence-electron chi connectivity index (χ1n) is 7.37. The van der Waals surface area contributed by atoms with Crippen molar-refractivity contribution in [3.05, 3.63) is 64.3 Å². The molecular weight excluding hydrogens is 374 g/mol. The first-order valence-corrected chi connectivity index (χ1v) is 8.16. The lowest BCUT2D eigenvalue weighted by Gasteiger charge is -2.12. The van der Waals surface area contributed by atoms with Gasteiger partial charge in [0, 0.05) is 15.4 Å². The maximum absolute atomic E-state index is 12.3. The van der Waals surface area contributed by atoms with Gasteiger partial charge >= 0.3 is 5.97 Å². The average molecular weight is 388 g/mol. The summed E-state index contributed by atoms with van der Waals surface area (Å²) in [6, 6.07) is 14.2. The van der Waals surface area contributed by atoms with Crippen LogP contribution < -0.4 is 0 Å². The van der Waals surface area contributed by atoms with Gasteiger partial charge in [0.2, 0.25) is 5.78 Å². The second-order valence-corrected chi connectivity index (χ2v) is 6.22. The highest BCUT2D eigenvalue weighted by Crippen LogP contribution is 2.19. The highest BCUT2D eigenvalue weighted by Gasteiger charge is 2.21. The minimum absolute atomic E-state index is 0.0467. The van der Waals surface area contributed by atoms with Crippen LogP contribution in [-0.4, -0.2) is 23.0 Å². The normalized spacial score (nSPS) is 12.1. The summed E-state index contributed by atoms with van der Waals surface area (Å²) in [5.74, 6) is -0.770. The van der Waals surface area contributed by atoms with Crippen molar-refractivity contribution in [2.45, 2.75) is 19.4 Å². The largest absolute Gasteiger partial charge is 0.454 e. The molecule has 0 N–H and O–H groups in total. The van der Waals surface area contributed by atoms with E-state index in [1.54, 1.807) is 37.3 Å². The van der Waals surface area contributed by atoms with Gasteiger partial charge in [-0.1, -0.05) is 45.4 Å². The van der Waals surface area contributed by atoms with Crippen molar-refractivity contribution >= 4 is 38.7 Å². The van der Waals surface area contributed by atoms with Crippen molar-refractivity contribution in [2.75, 3.05) is 0 Å². The lowest BCUT2D eigenvalue weighted by atomic mass is 10.1. The monoisotopic (exact) mass is 387 g/mol. The van der Waals surface area contributed by atoms with Crippen molar-refractivity contribution in [3.8, 4) is 0 Å². The topological polar surface area (TPSA) is 69.4 Å². The smallest absolute Gasteiger partial charge is 0.312 e. The molecule has 0 aliphatic heterocycles. The zero-order valence-corrected chi connectivity index (χ0v) is 14.4. The van der Waals surface area contributed by atoms with Crippen LogP contribution in [0.3, 0.4) is 0 Å². The second-order valence-electron chi connectivity index (χ2n) is 5.31. The van der Waals surface area contributed by atoms with Crippen molar-refractivity contribution in [1.82, 2.24) is 5.16 Å². The number of aromatic nitrogens is 1. The molecule has 0 fully saturated rings. The molecule has 3 rings (SSSR count). The molecular formula is C18H14BrNO4. The van der Waals surface area contributed by atoms with Gasteiger partial charge in [0.1, 0.15) is 5.69 Å². The number of hydrogen-bond donors (Lipinski definition) is 0. The molecule has 0 aliphatic carbocycles. The predicted octanol–water partition coefficient (Wildman–Crippen LogP) is 3.95. The summed E-state index contributed by atoms with van der Waals surface area (Å²) >= 11 is 3.31. The van der Waals surface area contributed by atoms with Crippen LogP contribution in [0.2, 0.25) is 0 Å². The molecule has 6 heteroatoms. The van der Waals surface area contributed by atoms with E-state index in [9.17, 15) is 9.59 Å². The van der Waals surface area contributed by atoms with Gasteiger partial charge in [-0.05, 0) is 31.2 Å². The molecule has 0 radical (unpaired) electrons. The summed E-state index contributed by atoms with van der Waals surface area (Å²) in [5, 5.41) is 4.65. The average Bonchev–Trinajstić information content (AvgIpc) is 2.98. The van der Waals surface area contributed by atoms with E-state index < -0.39 is 12.1 Å². The Hall–Kier alpha value is -2.47. The number of ether oxygens (including phenoxy) is 1. The standard InChI is InChI=1S/C18H14BrNO4/c1-11(18(22)12-6-8-13(19)9-7-12)23-17(21)10-15-14-4-2-3-5-16(14)24-20-15/h2-9,11H,10H2,1H3/t11-/m0/s1. The molecule has 0 saturated carbocycles. The first-order chi connectivity index (χ1) is 11.5. The van der Waals surface area contributed by atoms with E-state index in [-0.39, 0.29) is 12.2 Å². The van der Waals surface area contributed by atoms with Crippen LogP contribution in [0.1, 0.15) is 23.0 Å². The lowest BCUT2D eigenvalue weighted by Crippen LogP contribution is -2.25. The fraction of sp³-hybridized carbons (Fsp3) is 0.167. The van der Waals surface area contributed by atoms with Crippen molar-refractivity contribution in [1.29, 1.82) is 0 Å². The van der Waals surface area contributed by atoms with Crippen LogP contribution in [0.25, 0.3) is 11.0 Å². The van der Waals surface area contributed by atoms with Gasteiger partial charge in [0.25, 0.3) is 0 Å². The lowest BCUT2D eigenvalue weighted by molar-refractivity contribution is -0.145. The molecule has 0 spiro atoms. The molecule has 0 aliphatic rings. The minimum atomic E-state index is -0.864. The number of halogens is 1. The first kappa shape index (κ1) is 16.4. The Labute approximate surface area is 146 Å². The number of Topliss-reactive ketones (excluding diaryl/α,β-unsaturated/α-hetero) is 1. The summed E-state index contributed by atoms with van der Waals surface area (Å²) in [6.07, 6.45) is -0.911. The van der Waals surface area contributed by atoms with Gasteiger partial charge in [-0.3, -0.25) is 9.59 Å². The van der Waals surface area contributed by atoms with Gasteiger partial charge in [-0.15, -0.1) is 0 Å². The van der Waals surface area contributed by atoms with Crippen LogP contribution in [0, 0.1) is 0 Å². The molecule has 1 heterocycles. The molecule has 3 aromatic rings. The van der Waals surface area contributed by atoms with E-state index in [1.807, 2.05) is 18.2 Å². The van der Waals surface area contributed by atoms with E-state index in [2.05, 4.69) is 21.1 Å². The van der Waals surface area contributed by atoms with Crippen molar-refractivity contribution in [3.63, 3.8) is 0 Å². The minimum Gasteiger partial charge on any atom is -0.454 e. The van der Waals surface area contributed by atoms with Crippen LogP contribution in [-0.2, 0) is 16.0 Å². The summed E-state index contributed by atoms with van der Waals surface area (Å²) in [6.45, 7) is 1.56. The zero-order chi connectivity index (χ0) is 17.1. The van der Waals surface area contributed by atoms with Crippen LogP contribution in [0.4, 0.5) is 0 Å². The van der Waals surface area contributed by atoms with Gasteiger partial charge in [-0.25, -0.2) is 0 Å². The number of carbonyl (C=O) groups excluding carboxylic acids is 2. The molecule has 1 aromatic heterocycles. The summed E-state index contributed by atoms with van der Waals surface area (Å²) in [5.41, 5.74) is 1.60. The Bertz CT molecular complexity index is 885. The fourth-order valence-corrected chi connectivity index (χ4v) is 2.61. The zero-order valence-electron chi connectivity index (χ0n) is 12.9. The van der Waals surface area contributed by atoms with Crippen LogP contribution in [0.5, 0.6) is 0 Å². The third-order valence-electron chi connectivity index (χ3n) is 3.57. The second kappa shape index (κ2) is 6.97. The molecule has 24 heavy (non-hydrogen) atoms. The number of para-hydroxylation sites is 1. The van der Waals surface area contributed by atoms with E-state index in [0.29, 0.717) is 16.8 Å². The summed E-state index contributed by atoms with van der Waals surface area (Å²) in [7, 11) is 0. The third kappa shape index (κ3) is 3.54. The molecule has 122 valence electrons. The number of benzene rings is 2. The maximum Gasteiger partial charge on any atom is 0.312 e. The van der Waals surface area contributed by atoms with E-state index in [1.165, 1.54) is 0 Å². The number of esters is 1. The number of rotatable bonds is 5. The van der Waals surface area contributed by atoms with E-state index >= 15 is 0 Å². The molecule has 0 unspecified atom stereocenters. The van der Waals surface area contributed by atoms with Crippen molar-refractivity contribution < 1.29 is 18.8 Å². The van der Waals surface area contributed by atoms with E-state index in [0.717, 1.165) is 9.86 Å². The Morgan fingerprint density at radius 1 is 1.17 bits per heavy atom. The Morgan fingerprint density at radius 2 is 1.88 bits per heavy atom. The van der Waals surface area contributed by atoms with Gasteiger partial charge < -0.3 is 9.26 Å². The molecule has 0 amide bonds. The highest BCUT2D eigenvalue weighted by atomic mass is 79.9. The molecule has 5 nitrogen and oxygen atoms in total. The van der Waals surface area contributed by atoms with Crippen molar-refractivity contribution in [2.24, 2.45) is 0 Å². The molecule has 0 bridgehead atoms. The quantitative estimate of drug-likeness (QED) is 0.489. The maximum atomic E-state index is 12.3. The number of carbonyl (C=O) groups is 2. The Morgan fingerprint density at radius 3 is 2.62 bits per heavy atom. The third-order valence-corrected chi connectivity index (χ3v) is 4.10. The van der Waals surface area contributed by atoms with Crippen LogP contribution >= 0.6 is 15.9 Å². The number of ketones is 1. The Balaban J connectivity index is 1.66. The predicted molar refractivity (Wildman–Crippen MR) is 91.7 cm³/mol. The SMILES string of the molecule is C[C@H](OC(=O)Cc1noc2ccccc12)C(=O)c1ccc(Br)cc1. The Kier molecular flexibility index (Phi) is 4.76. The molecule has 1 atom stereocenters. The van der Waals surface area contributed by atoms with Gasteiger partial charge in [0.05, 0.1) is 6.42 Å².